The van der Waals surface area contributed by atoms with E-state index in [2.05, 4.69) is 0 Å². The standard InChI is InChI=1S/C16H17O7P/c17-12-7-13-20-16(18)23-24(19,21-14-8-3-1-4-9-14)22-15-10-5-2-6-11-15/h1-6,8-11,17H,7,12-13H2. The van der Waals surface area contributed by atoms with E-state index in [0.717, 1.165) is 0 Å². The highest BCUT2D eigenvalue weighted by Crippen LogP contribution is 2.49. The minimum absolute atomic E-state index is 0.0774. The van der Waals surface area contributed by atoms with Crippen LogP contribution in [0.25, 0.3) is 0 Å². The van der Waals surface area contributed by atoms with Crippen LogP contribution in [0.2, 0.25) is 0 Å². The molecular weight excluding hydrogens is 335 g/mol. The van der Waals surface area contributed by atoms with Crippen molar-refractivity contribution in [2.24, 2.45) is 0 Å². The van der Waals surface area contributed by atoms with E-state index in [-0.39, 0.29) is 31.1 Å². The number of benzene rings is 2. The van der Waals surface area contributed by atoms with Crippen molar-refractivity contribution in [3.8, 4) is 11.5 Å². The molecule has 8 heteroatoms. The first-order valence-corrected chi connectivity index (χ1v) is 8.64. The molecule has 0 bridgehead atoms. The van der Waals surface area contributed by atoms with Crippen LogP contribution in [0.3, 0.4) is 0 Å². The van der Waals surface area contributed by atoms with Crippen molar-refractivity contribution < 1.29 is 32.8 Å². The Balaban J connectivity index is 2.11. The Bertz CT molecular complexity index is 630. The first-order valence-electron chi connectivity index (χ1n) is 7.18. The van der Waals surface area contributed by atoms with Crippen molar-refractivity contribution in [1.29, 1.82) is 0 Å². The summed E-state index contributed by atoms with van der Waals surface area (Å²) < 4.78 is 32.7. The number of aliphatic hydroxyl groups is 1. The van der Waals surface area contributed by atoms with Gasteiger partial charge in [0.05, 0.1) is 6.61 Å². The Morgan fingerprint density at radius 1 is 0.917 bits per heavy atom. The molecular formula is C16H17O7P. The lowest BCUT2D eigenvalue weighted by Crippen LogP contribution is -2.13. The molecule has 0 aromatic heterocycles. The van der Waals surface area contributed by atoms with Crippen molar-refractivity contribution in [2.45, 2.75) is 6.42 Å². The van der Waals surface area contributed by atoms with Gasteiger partial charge in [-0.2, -0.15) is 4.57 Å². The summed E-state index contributed by atoms with van der Waals surface area (Å²) in [5.41, 5.74) is 0. The van der Waals surface area contributed by atoms with E-state index in [1.54, 1.807) is 60.7 Å². The summed E-state index contributed by atoms with van der Waals surface area (Å²) in [6, 6.07) is 16.3. The highest BCUT2D eigenvalue weighted by molar-refractivity contribution is 7.49. The molecule has 0 amide bonds. The van der Waals surface area contributed by atoms with Crippen LogP contribution >= 0.6 is 7.82 Å². The van der Waals surface area contributed by atoms with Crippen LogP contribution in [0, 0.1) is 0 Å². The largest absolute Gasteiger partial charge is 0.651 e. The highest BCUT2D eigenvalue weighted by Gasteiger charge is 2.36. The summed E-state index contributed by atoms with van der Waals surface area (Å²) >= 11 is 0. The van der Waals surface area contributed by atoms with Crippen LogP contribution in [0.4, 0.5) is 4.79 Å². The van der Waals surface area contributed by atoms with Crippen LogP contribution in [0.1, 0.15) is 6.42 Å². The molecule has 7 nitrogen and oxygen atoms in total. The lowest BCUT2D eigenvalue weighted by Gasteiger charge is -2.18. The van der Waals surface area contributed by atoms with Crippen molar-refractivity contribution in [3.05, 3.63) is 60.7 Å². The maximum Gasteiger partial charge on any atom is 0.651 e. The SMILES string of the molecule is O=C(OCCCO)OP(=O)(Oc1ccccc1)Oc1ccccc1. The molecule has 0 spiro atoms. The molecule has 128 valence electrons. The highest BCUT2D eigenvalue weighted by atomic mass is 31.2. The van der Waals surface area contributed by atoms with Gasteiger partial charge in [-0.25, -0.2) is 4.79 Å². The first-order chi connectivity index (χ1) is 11.6. The van der Waals surface area contributed by atoms with Crippen LogP contribution in [0.5, 0.6) is 11.5 Å². The van der Waals surface area contributed by atoms with Crippen molar-refractivity contribution in [1.82, 2.24) is 0 Å². The second kappa shape index (κ2) is 8.96. The minimum Gasteiger partial charge on any atom is -0.434 e. The molecule has 0 fully saturated rings. The Morgan fingerprint density at radius 2 is 1.42 bits per heavy atom. The molecule has 0 aliphatic rings. The average molecular weight is 352 g/mol. The minimum atomic E-state index is -4.30. The van der Waals surface area contributed by atoms with Gasteiger partial charge < -0.3 is 23.4 Å². The van der Waals surface area contributed by atoms with E-state index in [1.165, 1.54) is 0 Å². The smallest absolute Gasteiger partial charge is 0.434 e. The second-order valence-corrected chi connectivity index (χ2v) is 5.96. The topological polar surface area (TPSA) is 91.3 Å². The maximum absolute atomic E-state index is 12.8. The number of ether oxygens (including phenoxy) is 1. The van der Waals surface area contributed by atoms with Gasteiger partial charge in [0.1, 0.15) is 11.5 Å². The van der Waals surface area contributed by atoms with Gasteiger partial charge >= 0.3 is 14.0 Å². The molecule has 24 heavy (non-hydrogen) atoms. The van der Waals surface area contributed by atoms with Gasteiger partial charge in [-0.1, -0.05) is 36.4 Å². The number of phosphoric ester groups is 1. The Morgan fingerprint density at radius 3 is 1.88 bits per heavy atom. The Hall–Kier alpha value is -2.50. The number of carbonyl (C=O) groups excluding carboxylic acids is 1. The van der Waals surface area contributed by atoms with Crippen LogP contribution in [0.15, 0.2) is 60.7 Å². The van der Waals surface area contributed by atoms with Gasteiger partial charge in [-0.15, -0.1) is 0 Å². The van der Waals surface area contributed by atoms with Gasteiger partial charge in [0.2, 0.25) is 0 Å². The monoisotopic (exact) mass is 352 g/mol. The molecule has 0 aliphatic carbocycles. The van der Waals surface area contributed by atoms with E-state index >= 15 is 0 Å². The molecule has 0 atom stereocenters. The zero-order chi connectivity index (χ0) is 17.3. The lowest BCUT2D eigenvalue weighted by atomic mass is 10.3. The molecule has 2 rings (SSSR count). The van der Waals surface area contributed by atoms with Crippen molar-refractivity contribution in [2.75, 3.05) is 13.2 Å². The lowest BCUT2D eigenvalue weighted by molar-refractivity contribution is 0.0829. The normalized spacial score (nSPS) is 10.7. The second-order valence-electron chi connectivity index (χ2n) is 4.52. The molecule has 0 radical (unpaired) electrons. The molecule has 2 aromatic carbocycles. The van der Waals surface area contributed by atoms with E-state index in [9.17, 15) is 9.36 Å². The van der Waals surface area contributed by atoms with Gasteiger partial charge in [0.15, 0.2) is 0 Å². The fraction of sp³-hybridized carbons (Fsp3) is 0.188. The number of para-hydroxylation sites is 2. The summed E-state index contributed by atoms with van der Waals surface area (Å²) in [6.45, 7) is -0.224. The fourth-order valence-electron chi connectivity index (χ4n) is 1.61. The van der Waals surface area contributed by atoms with Crippen LogP contribution < -0.4 is 9.05 Å². The van der Waals surface area contributed by atoms with E-state index < -0.39 is 14.0 Å². The average Bonchev–Trinajstić information content (AvgIpc) is 2.56. The van der Waals surface area contributed by atoms with E-state index in [0.29, 0.717) is 0 Å². The summed E-state index contributed by atoms with van der Waals surface area (Å²) in [5.74, 6) is 0.417. The maximum atomic E-state index is 12.8. The Labute approximate surface area is 139 Å². The molecule has 0 aliphatic heterocycles. The number of hydrogen-bond acceptors (Lipinski definition) is 7. The summed E-state index contributed by atoms with van der Waals surface area (Å²) in [7, 11) is -4.30. The van der Waals surface area contributed by atoms with Crippen LogP contribution in [-0.2, 0) is 13.8 Å². The van der Waals surface area contributed by atoms with Gasteiger partial charge in [0.25, 0.3) is 0 Å². The number of hydrogen-bond donors (Lipinski definition) is 1. The number of carbonyl (C=O) groups is 1. The first kappa shape index (κ1) is 17.8. The van der Waals surface area contributed by atoms with Crippen LogP contribution in [-0.4, -0.2) is 24.5 Å². The molecule has 0 saturated heterocycles. The predicted molar refractivity (Wildman–Crippen MR) is 85.9 cm³/mol. The third kappa shape index (κ3) is 5.95. The molecule has 2 aromatic rings. The number of rotatable bonds is 8. The third-order valence-electron chi connectivity index (χ3n) is 2.63. The fourth-order valence-corrected chi connectivity index (χ4v) is 2.72. The van der Waals surface area contributed by atoms with Gasteiger partial charge in [-0.3, -0.25) is 0 Å². The van der Waals surface area contributed by atoms with E-state index in [1.807, 2.05) is 0 Å². The van der Waals surface area contributed by atoms with Crippen molar-refractivity contribution >= 4 is 14.0 Å². The van der Waals surface area contributed by atoms with E-state index in [4.69, 9.17) is 23.4 Å². The molecule has 1 N–H and O–H groups in total. The summed E-state index contributed by atoms with van der Waals surface area (Å²) in [6.07, 6.45) is -0.975. The number of phosphoric acid groups is 1. The number of aliphatic hydroxyl groups excluding tert-OH is 1. The quantitative estimate of drug-likeness (QED) is 0.439. The molecule has 0 unspecified atom stereocenters. The zero-order valence-electron chi connectivity index (χ0n) is 12.7. The summed E-state index contributed by atoms with van der Waals surface area (Å²) in [5, 5.41) is 8.67. The third-order valence-corrected chi connectivity index (χ3v) is 3.87. The molecule has 0 saturated carbocycles. The summed E-state index contributed by atoms with van der Waals surface area (Å²) in [4.78, 5) is 11.7. The Kier molecular flexibility index (Phi) is 6.66. The predicted octanol–water partition coefficient (Wildman–Crippen LogP) is 3.79. The van der Waals surface area contributed by atoms with Crippen molar-refractivity contribution in [3.63, 3.8) is 0 Å². The zero-order valence-corrected chi connectivity index (χ0v) is 13.6. The van der Waals surface area contributed by atoms with Gasteiger partial charge in [-0.05, 0) is 24.3 Å². The van der Waals surface area contributed by atoms with Gasteiger partial charge in [0, 0.05) is 13.0 Å². The molecule has 0 heterocycles.